The Morgan fingerprint density at radius 3 is 2.56 bits per heavy atom. The van der Waals surface area contributed by atoms with Crippen molar-refractivity contribution in [1.29, 1.82) is 0 Å². The number of aromatic nitrogens is 1. The van der Waals surface area contributed by atoms with E-state index in [1.54, 1.807) is 18.2 Å². The van der Waals surface area contributed by atoms with Crippen LogP contribution in [0.3, 0.4) is 0 Å². The highest BCUT2D eigenvalue weighted by atomic mass is 19.1. The molecule has 90 valence electrons. The number of para-hydroxylation sites is 1. The van der Waals surface area contributed by atoms with Crippen LogP contribution in [0, 0.1) is 5.82 Å². The molecule has 0 amide bonds. The Kier molecular flexibility index (Phi) is 2.52. The van der Waals surface area contributed by atoms with E-state index in [9.17, 15) is 4.39 Å². The van der Waals surface area contributed by atoms with Crippen LogP contribution in [0.4, 0.5) is 4.39 Å². The molecule has 0 aliphatic rings. The number of hydrogen-bond acceptors (Lipinski definition) is 1. The predicted octanol–water partition coefficient (Wildman–Crippen LogP) is 4.11. The summed E-state index contributed by atoms with van der Waals surface area (Å²) in [5.74, 6) is 0.553. The Bertz CT molecular complexity index is 703. The number of nitrogens with zero attached hydrogens (tertiary/aromatic N) is 1. The minimum Gasteiger partial charge on any atom is -0.454 e. The van der Waals surface area contributed by atoms with Crippen molar-refractivity contribution < 1.29 is 9.13 Å². The van der Waals surface area contributed by atoms with Gasteiger partial charge < -0.3 is 9.30 Å². The quantitative estimate of drug-likeness (QED) is 0.658. The molecule has 1 heterocycles. The van der Waals surface area contributed by atoms with E-state index in [-0.39, 0.29) is 11.6 Å². The molecule has 3 aromatic rings. The van der Waals surface area contributed by atoms with Gasteiger partial charge in [-0.15, -0.1) is 0 Å². The predicted molar refractivity (Wildman–Crippen MR) is 69.4 cm³/mol. The highest BCUT2D eigenvalue weighted by Gasteiger charge is 2.08. The summed E-state index contributed by atoms with van der Waals surface area (Å²) >= 11 is 0. The van der Waals surface area contributed by atoms with Gasteiger partial charge in [0.15, 0.2) is 11.6 Å². The average Bonchev–Trinajstić information content (AvgIpc) is 2.76. The third kappa shape index (κ3) is 1.74. The Morgan fingerprint density at radius 2 is 1.72 bits per heavy atom. The standard InChI is InChI=1S/C15H12FNO/c1-17-10-9-11-13(17)6-4-8-14(11)18-15-7-3-2-5-12(15)16/h2-10H,1H3. The fourth-order valence-corrected chi connectivity index (χ4v) is 2.01. The molecule has 0 fully saturated rings. The van der Waals surface area contributed by atoms with Crippen molar-refractivity contribution in [2.45, 2.75) is 0 Å². The second-order valence-corrected chi connectivity index (χ2v) is 4.15. The van der Waals surface area contributed by atoms with Gasteiger partial charge >= 0.3 is 0 Å². The number of rotatable bonds is 2. The van der Waals surface area contributed by atoms with Gasteiger partial charge in [0.1, 0.15) is 5.75 Å². The van der Waals surface area contributed by atoms with Crippen LogP contribution in [0.1, 0.15) is 0 Å². The van der Waals surface area contributed by atoms with Crippen molar-refractivity contribution in [1.82, 2.24) is 4.57 Å². The molecule has 2 nitrogen and oxygen atoms in total. The van der Waals surface area contributed by atoms with Gasteiger partial charge in [-0.1, -0.05) is 18.2 Å². The molecule has 0 unspecified atom stereocenters. The number of ether oxygens (including phenoxy) is 1. The zero-order chi connectivity index (χ0) is 12.5. The summed E-state index contributed by atoms with van der Waals surface area (Å²) in [7, 11) is 1.97. The lowest BCUT2D eigenvalue weighted by molar-refractivity contribution is 0.446. The first-order valence-corrected chi connectivity index (χ1v) is 5.72. The highest BCUT2D eigenvalue weighted by Crippen LogP contribution is 2.31. The first kappa shape index (κ1) is 10.8. The zero-order valence-corrected chi connectivity index (χ0v) is 9.93. The number of benzene rings is 2. The van der Waals surface area contributed by atoms with Gasteiger partial charge in [-0.3, -0.25) is 0 Å². The van der Waals surface area contributed by atoms with Gasteiger partial charge in [-0.2, -0.15) is 0 Å². The molecule has 0 saturated heterocycles. The molecule has 0 aliphatic carbocycles. The summed E-state index contributed by atoms with van der Waals surface area (Å²) in [5, 5.41) is 0.975. The van der Waals surface area contributed by atoms with E-state index in [1.807, 2.05) is 42.1 Å². The number of fused-ring (bicyclic) bond motifs is 1. The van der Waals surface area contributed by atoms with Gasteiger partial charge in [-0.25, -0.2) is 4.39 Å². The molecule has 3 rings (SSSR count). The first-order valence-electron chi connectivity index (χ1n) is 5.72. The van der Waals surface area contributed by atoms with Crippen LogP contribution in [-0.2, 0) is 7.05 Å². The lowest BCUT2D eigenvalue weighted by Crippen LogP contribution is -1.89. The molecule has 0 radical (unpaired) electrons. The molecule has 0 aliphatic heterocycles. The van der Waals surface area contributed by atoms with Crippen LogP contribution in [-0.4, -0.2) is 4.57 Å². The summed E-state index contributed by atoms with van der Waals surface area (Å²) in [6.45, 7) is 0. The average molecular weight is 241 g/mol. The summed E-state index contributed by atoms with van der Waals surface area (Å²) in [6, 6.07) is 14.1. The van der Waals surface area contributed by atoms with E-state index in [1.165, 1.54) is 6.07 Å². The summed E-state index contributed by atoms with van der Waals surface area (Å²) < 4.78 is 21.2. The van der Waals surface area contributed by atoms with Gasteiger partial charge in [0.2, 0.25) is 0 Å². The third-order valence-corrected chi connectivity index (χ3v) is 2.94. The van der Waals surface area contributed by atoms with Crippen LogP contribution >= 0.6 is 0 Å². The van der Waals surface area contributed by atoms with Crippen LogP contribution in [0.25, 0.3) is 10.9 Å². The molecule has 0 N–H and O–H groups in total. The van der Waals surface area contributed by atoms with Crippen molar-refractivity contribution in [2.75, 3.05) is 0 Å². The summed E-state index contributed by atoms with van der Waals surface area (Å²) in [4.78, 5) is 0. The second kappa shape index (κ2) is 4.18. The van der Waals surface area contributed by atoms with Gasteiger partial charge in [0.25, 0.3) is 0 Å². The minimum absolute atomic E-state index is 0.244. The Hall–Kier alpha value is -2.29. The van der Waals surface area contributed by atoms with E-state index < -0.39 is 0 Å². The van der Waals surface area contributed by atoms with E-state index in [0.29, 0.717) is 5.75 Å². The van der Waals surface area contributed by atoms with Crippen molar-refractivity contribution in [3.8, 4) is 11.5 Å². The summed E-state index contributed by atoms with van der Waals surface area (Å²) in [5.41, 5.74) is 1.06. The van der Waals surface area contributed by atoms with E-state index >= 15 is 0 Å². The fraction of sp³-hybridized carbons (Fsp3) is 0.0667. The largest absolute Gasteiger partial charge is 0.454 e. The SMILES string of the molecule is Cn1ccc2c(Oc3ccccc3F)cccc21. The maximum atomic E-state index is 13.6. The maximum Gasteiger partial charge on any atom is 0.165 e. The van der Waals surface area contributed by atoms with Gasteiger partial charge in [-0.05, 0) is 30.3 Å². The smallest absolute Gasteiger partial charge is 0.165 e. The molecule has 0 saturated carbocycles. The van der Waals surface area contributed by atoms with Crippen LogP contribution in [0.5, 0.6) is 11.5 Å². The molecular formula is C15H12FNO. The first-order chi connectivity index (χ1) is 8.75. The van der Waals surface area contributed by atoms with E-state index in [4.69, 9.17) is 4.74 Å². The summed E-state index contributed by atoms with van der Waals surface area (Å²) in [6.07, 6.45) is 1.96. The van der Waals surface area contributed by atoms with Crippen molar-refractivity contribution in [3.63, 3.8) is 0 Å². The molecule has 0 atom stereocenters. The van der Waals surface area contributed by atoms with Crippen molar-refractivity contribution in [3.05, 3.63) is 60.5 Å². The number of hydrogen-bond donors (Lipinski definition) is 0. The second-order valence-electron chi connectivity index (χ2n) is 4.15. The molecule has 0 spiro atoms. The third-order valence-electron chi connectivity index (χ3n) is 2.94. The molecule has 1 aromatic heterocycles. The Labute approximate surface area is 104 Å². The molecule has 3 heteroatoms. The number of aryl methyl sites for hydroxylation is 1. The van der Waals surface area contributed by atoms with Gasteiger partial charge in [0, 0.05) is 18.6 Å². The van der Waals surface area contributed by atoms with Crippen molar-refractivity contribution >= 4 is 10.9 Å². The topological polar surface area (TPSA) is 14.2 Å². The highest BCUT2D eigenvalue weighted by molar-refractivity contribution is 5.86. The van der Waals surface area contributed by atoms with E-state index in [0.717, 1.165) is 10.9 Å². The zero-order valence-electron chi connectivity index (χ0n) is 9.93. The normalized spacial score (nSPS) is 10.8. The lowest BCUT2D eigenvalue weighted by atomic mass is 10.2. The number of halogens is 1. The molecular weight excluding hydrogens is 229 g/mol. The van der Waals surface area contributed by atoms with Crippen LogP contribution < -0.4 is 4.74 Å². The minimum atomic E-state index is -0.356. The molecule has 18 heavy (non-hydrogen) atoms. The maximum absolute atomic E-state index is 13.6. The fourth-order valence-electron chi connectivity index (χ4n) is 2.01. The Morgan fingerprint density at radius 1 is 0.944 bits per heavy atom. The van der Waals surface area contributed by atoms with Crippen LogP contribution in [0.2, 0.25) is 0 Å². The monoisotopic (exact) mass is 241 g/mol. The molecule has 0 bridgehead atoms. The molecule has 2 aromatic carbocycles. The van der Waals surface area contributed by atoms with Crippen molar-refractivity contribution in [2.24, 2.45) is 7.05 Å². The van der Waals surface area contributed by atoms with E-state index in [2.05, 4.69) is 0 Å². The van der Waals surface area contributed by atoms with Gasteiger partial charge in [0.05, 0.1) is 5.52 Å². The van der Waals surface area contributed by atoms with Crippen LogP contribution in [0.15, 0.2) is 54.7 Å². The lowest BCUT2D eigenvalue weighted by Gasteiger charge is -2.08. The Balaban J connectivity index is 2.08.